The first kappa shape index (κ1) is 14.9. The van der Waals surface area contributed by atoms with Gasteiger partial charge in [0.25, 0.3) is 5.78 Å². The second-order valence-corrected chi connectivity index (χ2v) is 4.71. The van der Waals surface area contributed by atoms with E-state index in [0.717, 1.165) is 7.11 Å². The topological polar surface area (TPSA) is 43.4 Å². The van der Waals surface area contributed by atoms with E-state index in [2.05, 4.69) is 4.74 Å². The molecular weight excluding hydrogens is 364 g/mol. The van der Waals surface area contributed by atoms with Gasteiger partial charge in [-0.25, -0.2) is 4.79 Å². The molecule has 7 heteroatoms. The monoisotopic (exact) mass is 372 g/mol. The predicted molar refractivity (Wildman–Crippen MR) is 65.6 cm³/mol. The Morgan fingerprint density at radius 1 is 1.28 bits per heavy atom. The van der Waals surface area contributed by atoms with Crippen LogP contribution in [0.3, 0.4) is 0 Å². The average Bonchev–Trinajstić information content (AvgIpc) is 2.25. The van der Waals surface area contributed by atoms with Gasteiger partial charge in [-0.1, -0.05) is 0 Å². The molecule has 0 heterocycles. The SMILES string of the molecule is COC(=O)c1cc(I)cc(C)c1C(=O)C(F)(F)F. The second kappa shape index (κ2) is 5.25. The number of carbonyl (C=O) groups excluding carboxylic acids is 2. The van der Waals surface area contributed by atoms with Crippen molar-refractivity contribution in [1.29, 1.82) is 0 Å². The molecule has 0 aliphatic heterocycles. The quantitative estimate of drug-likeness (QED) is 0.455. The average molecular weight is 372 g/mol. The van der Waals surface area contributed by atoms with Gasteiger partial charge in [-0.05, 0) is 47.2 Å². The van der Waals surface area contributed by atoms with E-state index in [1.165, 1.54) is 19.1 Å². The van der Waals surface area contributed by atoms with Gasteiger partial charge >= 0.3 is 12.1 Å². The molecule has 0 atom stereocenters. The van der Waals surface area contributed by atoms with Crippen LogP contribution >= 0.6 is 22.6 Å². The Hall–Kier alpha value is -1.12. The summed E-state index contributed by atoms with van der Waals surface area (Å²) in [5, 5.41) is 0. The van der Waals surface area contributed by atoms with Gasteiger partial charge in [0.15, 0.2) is 0 Å². The van der Waals surface area contributed by atoms with Gasteiger partial charge in [-0.15, -0.1) is 0 Å². The van der Waals surface area contributed by atoms with Gasteiger partial charge in [0.2, 0.25) is 0 Å². The van der Waals surface area contributed by atoms with Crippen LogP contribution in [-0.4, -0.2) is 25.0 Å². The van der Waals surface area contributed by atoms with E-state index in [1.54, 1.807) is 0 Å². The molecule has 18 heavy (non-hydrogen) atoms. The van der Waals surface area contributed by atoms with Crippen LogP contribution in [0, 0.1) is 10.5 Å². The van der Waals surface area contributed by atoms with Crippen molar-refractivity contribution in [2.45, 2.75) is 13.1 Å². The fourth-order valence-electron chi connectivity index (χ4n) is 1.46. The largest absolute Gasteiger partial charge is 0.465 e. The number of benzene rings is 1. The molecule has 0 aromatic heterocycles. The molecule has 0 unspecified atom stereocenters. The number of rotatable bonds is 2. The van der Waals surface area contributed by atoms with E-state index in [0.29, 0.717) is 3.57 Å². The molecule has 0 spiro atoms. The van der Waals surface area contributed by atoms with Crippen LogP contribution in [0.4, 0.5) is 13.2 Å². The summed E-state index contributed by atoms with van der Waals surface area (Å²) in [4.78, 5) is 22.7. The number of hydrogen-bond acceptors (Lipinski definition) is 3. The maximum absolute atomic E-state index is 12.5. The number of alkyl halides is 3. The fraction of sp³-hybridized carbons (Fsp3) is 0.273. The Kier molecular flexibility index (Phi) is 4.36. The van der Waals surface area contributed by atoms with Gasteiger partial charge in [-0.3, -0.25) is 4.79 Å². The van der Waals surface area contributed by atoms with E-state index >= 15 is 0 Å². The molecule has 1 aromatic carbocycles. The lowest BCUT2D eigenvalue weighted by Gasteiger charge is -2.12. The summed E-state index contributed by atoms with van der Waals surface area (Å²) < 4.78 is 42.3. The fourth-order valence-corrected chi connectivity index (χ4v) is 2.24. The van der Waals surface area contributed by atoms with Crippen molar-refractivity contribution >= 4 is 34.3 Å². The smallest absolute Gasteiger partial charge is 0.454 e. The highest BCUT2D eigenvalue weighted by atomic mass is 127. The van der Waals surface area contributed by atoms with E-state index < -0.39 is 23.5 Å². The lowest BCUT2D eigenvalue weighted by atomic mass is 9.98. The van der Waals surface area contributed by atoms with E-state index in [1.807, 2.05) is 22.6 Å². The standard InChI is InChI=1S/C11H8F3IO3/c1-5-3-6(15)4-7(10(17)18-2)8(5)9(16)11(12,13)14/h3-4H,1-2H3. The molecule has 0 fully saturated rings. The molecule has 0 bridgehead atoms. The summed E-state index contributed by atoms with van der Waals surface area (Å²) in [6.45, 7) is 1.34. The van der Waals surface area contributed by atoms with Crippen molar-refractivity contribution in [2.24, 2.45) is 0 Å². The van der Waals surface area contributed by atoms with Crippen LogP contribution < -0.4 is 0 Å². The number of methoxy groups -OCH3 is 1. The Morgan fingerprint density at radius 3 is 2.28 bits per heavy atom. The van der Waals surface area contributed by atoms with Crippen LogP contribution in [0.25, 0.3) is 0 Å². The Morgan fingerprint density at radius 2 is 1.83 bits per heavy atom. The van der Waals surface area contributed by atoms with Crippen molar-refractivity contribution in [1.82, 2.24) is 0 Å². The van der Waals surface area contributed by atoms with Gasteiger partial charge in [0, 0.05) is 9.13 Å². The number of carbonyl (C=O) groups is 2. The Balaban J connectivity index is 3.51. The molecule has 1 aromatic rings. The molecule has 0 amide bonds. The molecule has 0 saturated carbocycles. The molecule has 98 valence electrons. The lowest BCUT2D eigenvalue weighted by molar-refractivity contribution is -0.0886. The number of ketones is 1. The Labute approximate surface area is 114 Å². The third-order valence-corrected chi connectivity index (χ3v) is 2.81. The molecular formula is C11H8F3IO3. The predicted octanol–water partition coefficient (Wildman–Crippen LogP) is 3.13. The molecule has 1 rings (SSSR count). The highest BCUT2D eigenvalue weighted by Crippen LogP contribution is 2.27. The first-order chi connectivity index (χ1) is 8.18. The zero-order chi connectivity index (χ0) is 14.1. The molecule has 0 aliphatic carbocycles. The van der Waals surface area contributed by atoms with Crippen molar-refractivity contribution in [3.63, 3.8) is 0 Å². The zero-order valence-corrected chi connectivity index (χ0v) is 11.5. The van der Waals surface area contributed by atoms with Crippen molar-refractivity contribution < 1.29 is 27.5 Å². The van der Waals surface area contributed by atoms with Crippen LogP contribution in [-0.2, 0) is 4.74 Å². The summed E-state index contributed by atoms with van der Waals surface area (Å²) in [6.07, 6.45) is -5.03. The minimum absolute atomic E-state index is 0.0876. The van der Waals surface area contributed by atoms with Crippen molar-refractivity contribution in [3.8, 4) is 0 Å². The van der Waals surface area contributed by atoms with Gasteiger partial charge < -0.3 is 4.74 Å². The third-order valence-electron chi connectivity index (χ3n) is 2.19. The first-order valence-electron chi connectivity index (χ1n) is 4.68. The lowest BCUT2D eigenvalue weighted by Crippen LogP contribution is -2.26. The van der Waals surface area contributed by atoms with Gasteiger partial charge in [-0.2, -0.15) is 13.2 Å². The summed E-state index contributed by atoms with van der Waals surface area (Å²) in [6, 6.07) is 2.59. The number of halogens is 4. The van der Waals surface area contributed by atoms with Gasteiger partial charge in [0.05, 0.1) is 12.7 Å². The maximum atomic E-state index is 12.5. The molecule has 0 radical (unpaired) electrons. The Bertz CT molecular complexity index is 509. The molecule has 0 N–H and O–H groups in total. The minimum atomic E-state index is -5.03. The number of hydrogen-bond donors (Lipinski definition) is 0. The van der Waals surface area contributed by atoms with Crippen LogP contribution in [0.2, 0.25) is 0 Å². The van der Waals surface area contributed by atoms with Crippen molar-refractivity contribution in [3.05, 3.63) is 32.4 Å². The van der Waals surface area contributed by atoms with Crippen molar-refractivity contribution in [2.75, 3.05) is 7.11 Å². The summed E-state index contributed by atoms with van der Waals surface area (Å²) >= 11 is 1.84. The third kappa shape index (κ3) is 3.01. The molecule has 0 aliphatic rings. The summed E-state index contributed by atoms with van der Waals surface area (Å²) in [7, 11) is 1.04. The van der Waals surface area contributed by atoms with E-state index in [4.69, 9.17) is 0 Å². The number of esters is 1. The normalized spacial score (nSPS) is 11.2. The highest BCUT2D eigenvalue weighted by Gasteiger charge is 2.42. The van der Waals surface area contributed by atoms with Crippen LogP contribution in [0.5, 0.6) is 0 Å². The maximum Gasteiger partial charge on any atom is 0.454 e. The molecule has 3 nitrogen and oxygen atoms in total. The number of aryl methyl sites for hydroxylation is 1. The van der Waals surface area contributed by atoms with Gasteiger partial charge in [0.1, 0.15) is 0 Å². The molecule has 0 saturated heterocycles. The summed E-state index contributed by atoms with van der Waals surface area (Å²) in [5.41, 5.74) is -0.941. The first-order valence-corrected chi connectivity index (χ1v) is 5.76. The zero-order valence-electron chi connectivity index (χ0n) is 9.39. The van der Waals surface area contributed by atoms with Crippen LogP contribution in [0.1, 0.15) is 26.3 Å². The van der Waals surface area contributed by atoms with E-state index in [-0.39, 0.29) is 11.1 Å². The minimum Gasteiger partial charge on any atom is -0.465 e. The summed E-state index contributed by atoms with van der Waals surface area (Å²) in [5.74, 6) is -3.01. The van der Waals surface area contributed by atoms with E-state index in [9.17, 15) is 22.8 Å². The number of ether oxygens (including phenoxy) is 1. The second-order valence-electron chi connectivity index (χ2n) is 3.46. The number of Topliss-reactive ketones (excluding diaryl/α,β-unsaturated/α-hetero) is 1. The highest BCUT2D eigenvalue weighted by molar-refractivity contribution is 14.1. The van der Waals surface area contributed by atoms with Crippen LogP contribution in [0.15, 0.2) is 12.1 Å².